The van der Waals surface area contributed by atoms with Crippen molar-refractivity contribution < 1.29 is 19.1 Å². The first-order chi connectivity index (χ1) is 13.0. The third kappa shape index (κ3) is 4.04. The summed E-state index contributed by atoms with van der Waals surface area (Å²) in [7, 11) is 0. The number of carbonyl (C=O) groups is 3. The van der Waals surface area contributed by atoms with Gasteiger partial charge in [-0.25, -0.2) is 4.79 Å². The quantitative estimate of drug-likeness (QED) is 0.640. The summed E-state index contributed by atoms with van der Waals surface area (Å²) in [6, 6.07) is 6.85. The van der Waals surface area contributed by atoms with Gasteiger partial charge >= 0.3 is 5.97 Å². The predicted octanol–water partition coefficient (Wildman–Crippen LogP) is 3.04. The van der Waals surface area contributed by atoms with Crippen LogP contribution in [0.25, 0.3) is 0 Å². The van der Waals surface area contributed by atoms with Crippen molar-refractivity contribution in [2.45, 2.75) is 45.1 Å². The molecule has 0 radical (unpaired) electrons. The van der Waals surface area contributed by atoms with Gasteiger partial charge in [0.15, 0.2) is 6.61 Å². The first-order valence-electron chi connectivity index (χ1n) is 9.62. The van der Waals surface area contributed by atoms with E-state index in [2.05, 4.69) is 5.32 Å². The molecule has 4 rings (SSSR count). The molecule has 2 amide bonds. The Morgan fingerprint density at radius 2 is 1.85 bits per heavy atom. The Hall–Kier alpha value is -2.63. The molecule has 1 aromatic rings. The molecule has 2 saturated carbocycles. The molecule has 3 aliphatic rings. The molecule has 1 aromatic carbocycles. The number of rotatable bonds is 5. The molecular weight excluding hydrogens is 344 g/mol. The number of nitrogens with zero attached hydrogens (tertiary/aromatic N) is 1. The third-order valence-corrected chi connectivity index (χ3v) is 5.35. The van der Waals surface area contributed by atoms with Crippen LogP contribution in [0.5, 0.6) is 0 Å². The summed E-state index contributed by atoms with van der Waals surface area (Å²) in [4.78, 5) is 38.6. The average molecular weight is 368 g/mol. The lowest BCUT2D eigenvalue weighted by Gasteiger charge is -2.27. The molecule has 0 saturated heterocycles. The van der Waals surface area contributed by atoms with E-state index in [4.69, 9.17) is 4.74 Å². The van der Waals surface area contributed by atoms with Crippen LogP contribution in [0.1, 0.15) is 39.0 Å². The van der Waals surface area contributed by atoms with Crippen LogP contribution in [-0.4, -0.2) is 30.4 Å². The molecule has 1 heterocycles. The van der Waals surface area contributed by atoms with Crippen molar-refractivity contribution in [1.82, 2.24) is 0 Å². The Kier molecular flexibility index (Phi) is 4.72. The molecule has 1 N–H and O–H groups in total. The number of esters is 1. The highest BCUT2D eigenvalue weighted by atomic mass is 16.5. The van der Waals surface area contributed by atoms with Crippen LogP contribution in [0.4, 0.5) is 11.4 Å². The summed E-state index contributed by atoms with van der Waals surface area (Å²) in [6.45, 7) is 1.49. The average Bonchev–Trinajstić information content (AvgIpc) is 3.52. The highest BCUT2D eigenvalue weighted by molar-refractivity contribution is 6.05. The van der Waals surface area contributed by atoms with Gasteiger partial charge in [-0.15, -0.1) is 0 Å². The van der Waals surface area contributed by atoms with Crippen LogP contribution in [0.2, 0.25) is 0 Å². The second-order valence-electron chi connectivity index (χ2n) is 7.68. The standard InChI is InChI=1S/C21H24N2O4/c1-13-10-19(24)22-17-4-2-3-5-18(17)23(13)20(25)12-27-21(26)11-16(14-6-7-14)15-8-9-15/h2-5,11,13-15H,6-10,12H2,1H3,(H,22,24)/t13-/m0/s1. The van der Waals surface area contributed by atoms with Crippen molar-refractivity contribution >= 4 is 29.2 Å². The third-order valence-electron chi connectivity index (χ3n) is 5.35. The molecule has 2 aliphatic carbocycles. The maximum absolute atomic E-state index is 12.8. The van der Waals surface area contributed by atoms with Crippen LogP contribution < -0.4 is 10.2 Å². The number of benzene rings is 1. The molecule has 0 bridgehead atoms. The summed E-state index contributed by atoms with van der Waals surface area (Å²) >= 11 is 0. The number of hydrogen-bond donors (Lipinski definition) is 1. The van der Waals surface area contributed by atoms with Crippen molar-refractivity contribution in [3.8, 4) is 0 Å². The normalized spacial score (nSPS) is 21.6. The fraction of sp³-hybridized carbons (Fsp3) is 0.476. The van der Waals surface area contributed by atoms with E-state index in [0.717, 1.165) is 25.7 Å². The van der Waals surface area contributed by atoms with Crippen molar-refractivity contribution in [3.05, 3.63) is 35.9 Å². The SMILES string of the molecule is C[C@H]1CC(=O)Nc2ccccc2N1C(=O)COC(=O)C=C(C1CC1)C1CC1. The first kappa shape index (κ1) is 17.8. The molecule has 6 heteroatoms. The second-order valence-corrected chi connectivity index (χ2v) is 7.68. The maximum Gasteiger partial charge on any atom is 0.331 e. The molecule has 0 spiro atoms. The van der Waals surface area contributed by atoms with Crippen molar-refractivity contribution in [2.75, 3.05) is 16.8 Å². The highest BCUT2D eigenvalue weighted by Gasteiger charge is 2.37. The minimum atomic E-state index is -0.442. The molecule has 1 atom stereocenters. The molecule has 2 fully saturated rings. The Labute approximate surface area is 158 Å². The zero-order valence-corrected chi connectivity index (χ0v) is 15.4. The zero-order chi connectivity index (χ0) is 19.0. The molecule has 27 heavy (non-hydrogen) atoms. The fourth-order valence-electron chi connectivity index (χ4n) is 3.75. The summed E-state index contributed by atoms with van der Waals surface area (Å²) < 4.78 is 5.26. The number of hydrogen-bond acceptors (Lipinski definition) is 4. The molecule has 1 aliphatic heterocycles. The molecule has 6 nitrogen and oxygen atoms in total. The fourth-order valence-corrected chi connectivity index (χ4v) is 3.75. The minimum Gasteiger partial charge on any atom is -0.452 e. The van der Waals surface area contributed by atoms with E-state index in [-0.39, 0.29) is 30.9 Å². The summed E-state index contributed by atoms with van der Waals surface area (Å²) in [6.07, 6.45) is 6.40. The van der Waals surface area contributed by atoms with Crippen molar-refractivity contribution in [2.24, 2.45) is 11.8 Å². The van der Waals surface area contributed by atoms with Gasteiger partial charge in [0.25, 0.3) is 5.91 Å². The monoisotopic (exact) mass is 368 g/mol. The van der Waals surface area contributed by atoms with Gasteiger partial charge < -0.3 is 15.0 Å². The topological polar surface area (TPSA) is 75.7 Å². The maximum atomic E-state index is 12.8. The Bertz CT molecular complexity index is 794. The number of anilines is 2. The van der Waals surface area contributed by atoms with Crippen LogP contribution in [0.3, 0.4) is 0 Å². The van der Waals surface area contributed by atoms with Crippen molar-refractivity contribution in [3.63, 3.8) is 0 Å². The van der Waals surface area contributed by atoms with Crippen LogP contribution in [0.15, 0.2) is 35.9 Å². The largest absolute Gasteiger partial charge is 0.452 e. The van der Waals surface area contributed by atoms with E-state index >= 15 is 0 Å². The number of amides is 2. The molecule has 0 aromatic heterocycles. The molecular formula is C21H24N2O4. The number of allylic oxidation sites excluding steroid dienone is 1. The van der Waals surface area contributed by atoms with Gasteiger partial charge in [0.1, 0.15) is 0 Å². The number of para-hydroxylation sites is 2. The van der Waals surface area contributed by atoms with Gasteiger partial charge in [-0.1, -0.05) is 17.7 Å². The summed E-state index contributed by atoms with van der Waals surface area (Å²) in [5, 5.41) is 2.82. The van der Waals surface area contributed by atoms with E-state index < -0.39 is 5.97 Å². The lowest BCUT2D eigenvalue weighted by Crippen LogP contribution is -2.41. The van der Waals surface area contributed by atoms with E-state index in [1.165, 1.54) is 5.57 Å². The zero-order valence-electron chi connectivity index (χ0n) is 15.4. The van der Waals surface area contributed by atoms with E-state index in [1.54, 1.807) is 29.2 Å². The Morgan fingerprint density at radius 3 is 2.52 bits per heavy atom. The van der Waals surface area contributed by atoms with Gasteiger partial charge in [0.2, 0.25) is 5.91 Å². The second kappa shape index (κ2) is 7.18. The smallest absolute Gasteiger partial charge is 0.331 e. The van der Waals surface area contributed by atoms with Crippen LogP contribution >= 0.6 is 0 Å². The Morgan fingerprint density at radius 1 is 1.19 bits per heavy atom. The number of fused-ring (bicyclic) bond motifs is 1. The summed E-state index contributed by atoms with van der Waals surface area (Å²) in [5.41, 5.74) is 2.43. The number of carbonyl (C=O) groups excluding carboxylic acids is 3. The first-order valence-corrected chi connectivity index (χ1v) is 9.62. The Balaban J connectivity index is 1.45. The van der Waals surface area contributed by atoms with Gasteiger partial charge in [-0.2, -0.15) is 0 Å². The minimum absolute atomic E-state index is 0.135. The number of ether oxygens (including phenoxy) is 1. The van der Waals surface area contributed by atoms with Gasteiger partial charge in [-0.3, -0.25) is 9.59 Å². The van der Waals surface area contributed by atoms with Crippen molar-refractivity contribution in [1.29, 1.82) is 0 Å². The highest BCUT2D eigenvalue weighted by Crippen LogP contribution is 2.48. The predicted molar refractivity (Wildman–Crippen MR) is 101 cm³/mol. The van der Waals surface area contributed by atoms with E-state index in [0.29, 0.717) is 23.2 Å². The van der Waals surface area contributed by atoms with Gasteiger partial charge in [0, 0.05) is 18.5 Å². The van der Waals surface area contributed by atoms with E-state index in [9.17, 15) is 14.4 Å². The van der Waals surface area contributed by atoms with Crippen LogP contribution in [0, 0.1) is 11.8 Å². The lowest BCUT2D eigenvalue weighted by atomic mass is 10.1. The van der Waals surface area contributed by atoms with Gasteiger partial charge in [-0.05, 0) is 56.6 Å². The lowest BCUT2D eigenvalue weighted by molar-refractivity contribution is -0.143. The molecule has 0 unspecified atom stereocenters. The summed E-state index contributed by atoms with van der Waals surface area (Å²) in [5.74, 6) is 0.170. The van der Waals surface area contributed by atoms with Gasteiger partial charge in [0.05, 0.1) is 11.4 Å². The molecule has 142 valence electrons. The van der Waals surface area contributed by atoms with Crippen LogP contribution in [-0.2, 0) is 19.1 Å². The van der Waals surface area contributed by atoms with E-state index in [1.807, 2.05) is 13.0 Å². The number of nitrogens with one attached hydrogen (secondary N) is 1.